The van der Waals surface area contributed by atoms with Crippen molar-refractivity contribution in [2.75, 3.05) is 23.9 Å². The summed E-state index contributed by atoms with van der Waals surface area (Å²) in [6.45, 7) is 2.01. The molecule has 0 bridgehead atoms. The van der Waals surface area contributed by atoms with Crippen molar-refractivity contribution in [2.45, 2.75) is 25.8 Å². The summed E-state index contributed by atoms with van der Waals surface area (Å²) in [5, 5.41) is 5.83. The van der Waals surface area contributed by atoms with Gasteiger partial charge in [-0.25, -0.2) is 4.90 Å². The molecule has 0 spiro atoms. The van der Waals surface area contributed by atoms with Crippen LogP contribution in [0.3, 0.4) is 0 Å². The van der Waals surface area contributed by atoms with Gasteiger partial charge in [-0.15, -0.1) is 0 Å². The van der Waals surface area contributed by atoms with E-state index in [4.69, 9.17) is 4.74 Å². The van der Waals surface area contributed by atoms with E-state index >= 15 is 0 Å². The highest BCUT2D eigenvalue weighted by atomic mass is 16.5. The van der Waals surface area contributed by atoms with Crippen molar-refractivity contribution in [1.29, 1.82) is 0 Å². The second-order valence-electron chi connectivity index (χ2n) is 6.60. The van der Waals surface area contributed by atoms with E-state index in [-0.39, 0.29) is 24.1 Å². The molecule has 2 aromatic rings. The van der Waals surface area contributed by atoms with Crippen LogP contribution >= 0.6 is 0 Å². The fourth-order valence-corrected chi connectivity index (χ4v) is 3.14. The van der Waals surface area contributed by atoms with E-state index in [2.05, 4.69) is 10.6 Å². The molecule has 0 unspecified atom stereocenters. The summed E-state index contributed by atoms with van der Waals surface area (Å²) >= 11 is 0. The van der Waals surface area contributed by atoms with E-state index in [0.29, 0.717) is 17.9 Å². The lowest BCUT2D eigenvalue weighted by Crippen LogP contribution is -2.39. The Morgan fingerprint density at radius 2 is 1.79 bits per heavy atom. The number of hydrogen-bond donors (Lipinski definition) is 2. The van der Waals surface area contributed by atoms with Gasteiger partial charge in [0.15, 0.2) is 0 Å². The van der Waals surface area contributed by atoms with Gasteiger partial charge < -0.3 is 15.4 Å². The first-order chi connectivity index (χ1) is 13.5. The second kappa shape index (κ2) is 8.67. The van der Waals surface area contributed by atoms with E-state index < -0.39 is 6.04 Å². The summed E-state index contributed by atoms with van der Waals surface area (Å²) < 4.78 is 5.14. The summed E-state index contributed by atoms with van der Waals surface area (Å²) in [5.74, 6) is 0.127. The molecule has 1 fully saturated rings. The number of methoxy groups -OCH3 is 1. The molecule has 146 valence electrons. The maximum Gasteiger partial charge on any atom is 0.251 e. The summed E-state index contributed by atoms with van der Waals surface area (Å²) in [7, 11) is 1.62. The monoisotopic (exact) mass is 381 g/mol. The van der Waals surface area contributed by atoms with Crippen molar-refractivity contribution < 1.29 is 19.1 Å². The SMILES string of the molecule is COc1ccc(CCN[C@H]2CC(=O)N(c3ccc(NC(C)=O)cc3)C2=O)cc1. The highest BCUT2D eigenvalue weighted by Gasteiger charge is 2.39. The highest BCUT2D eigenvalue weighted by Crippen LogP contribution is 2.24. The number of carbonyl (C=O) groups excluding carboxylic acids is 3. The van der Waals surface area contributed by atoms with Crippen molar-refractivity contribution in [3.05, 3.63) is 54.1 Å². The van der Waals surface area contributed by atoms with E-state index in [1.54, 1.807) is 31.4 Å². The molecule has 3 amide bonds. The fraction of sp³-hybridized carbons (Fsp3) is 0.286. The lowest BCUT2D eigenvalue weighted by molar-refractivity contribution is -0.121. The van der Waals surface area contributed by atoms with Crippen LogP contribution in [0.2, 0.25) is 0 Å². The van der Waals surface area contributed by atoms with Gasteiger partial charge in [0.1, 0.15) is 5.75 Å². The van der Waals surface area contributed by atoms with Gasteiger partial charge in [0.2, 0.25) is 11.8 Å². The van der Waals surface area contributed by atoms with E-state index in [1.165, 1.54) is 11.8 Å². The summed E-state index contributed by atoms with van der Waals surface area (Å²) in [4.78, 5) is 37.3. The van der Waals surface area contributed by atoms with Gasteiger partial charge in [0, 0.05) is 12.6 Å². The van der Waals surface area contributed by atoms with Crippen LogP contribution in [-0.4, -0.2) is 37.4 Å². The van der Waals surface area contributed by atoms with Gasteiger partial charge in [-0.2, -0.15) is 0 Å². The molecule has 0 saturated carbocycles. The largest absolute Gasteiger partial charge is 0.497 e. The quantitative estimate of drug-likeness (QED) is 0.718. The first-order valence-corrected chi connectivity index (χ1v) is 9.08. The molecule has 7 heteroatoms. The lowest BCUT2D eigenvalue weighted by atomic mass is 10.1. The molecule has 2 N–H and O–H groups in total. The van der Waals surface area contributed by atoms with Crippen LogP contribution in [-0.2, 0) is 20.8 Å². The number of ether oxygens (including phenoxy) is 1. The van der Waals surface area contributed by atoms with Gasteiger partial charge in [0.25, 0.3) is 5.91 Å². The van der Waals surface area contributed by atoms with Crippen molar-refractivity contribution >= 4 is 29.1 Å². The molecule has 0 radical (unpaired) electrons. The van der Waals surface area contributed by atoms with Crippen LogP contribution in [0.4, 0.5) is 11.4 Å². The summed E-state index contributed by atoms with van der Waals surface area (Å²) in [5.41, 5.74) is 2.24. The zero-order valence-corrected chi connectivity index (χ0v) is 15.9. The fourth-order valence-electron chi connectivity index (χ4n) is 3.14. The van der Waals surface area contributed by atoms with E-state index in [0.717, 1.165) is 17.7 Å². The molecule has 7 nitrogen and oxygen atoms in total. The molecule has 1 aliphatic rings. The molecule has 1 aliphatic heterocycles. The number of nitrogens with zero attached hydrogens (tertiary/aromatic N) is 1. The first kappa shape index (κ1) is 19.6. The summed E-state index contributed by atoms with van der Waals surface area (Å²) in [6, 6.07) is 13.9. The Hall–Kier alpha value is -3.19. The smallest absolute Gasteiger partial charge is 0.251 e. The Bertz CT molecular complexity index is 862. The molecule has 2 aromatic carbocycles. The van der Waals surface area contributed by atoms with Gasteiger partial charge in [-0.05, 0) is 54.9 Å². The number of benzene rings is 2. The highest BCUT2D eigenvalue weighted by molar-refractivity contribution is 6.22. The number of amides is 3. The van der Waals surface area contributed by atoms with Crippen LogP contribution in [0.5, 0.6) is 5.75 Å². The standard InChI is InChI=1S/C21H23N3O4/c1-14(25)23-16-5-7-17(8-6-16)24-20(26)13-19(21(24)27)22-12-11-15-3-9-18(28-2)10-4-15/h3-10,19,22H,11-13H2,1-2H3,(H,23,25)/t19-/m0/s1. The second-order valence-corrected chi connectivity index (χ2v) is 6.60. The Kier molecular flexibility index (Phi) is 6.06. The zero-order chi connectivity index (χ0) is 20.1. The molecular weight excluding hydrogens is 358 g/mol. The molecule has 1 heterocycles. The van der Waals surface area contributed by atoms with Crippen molar-refractivity contribution in [3.8, 4) is 5.75 Å². The number of anilines is 2. The van der Waals surface area contributed by atoms with Gasteiger partial charge >= 0.3 is 0 Å². The van der Waals surface area contributed by atoms with Gasteiger partial charge in [-0.3, -0.25) is 14.4 Å². The third kappa shape index (κ3) is 4.55. The molecule has 1 saturated heterocycles. The first-order valence-electron chi connectivity index (χ1n) is 9.08. The maximum atomic E-state index is 12.7. The van der Waals surface area contributed by atoms with Crippen LogP contribution < -0.4 is 20.3 Å². The van der Waals surface area contributed by atoms with Crippen LogP contribution in [0.25, 0.3) is 0 Å². The Morgan fingerprint density at radius 3 is 2.39 bits per heavy atom. The van der Waals surface area contributed by atoms with Crippen LogP contribution in [0, 0.1) is 0 Å². The Morgan fingerprint density at radius 1 is 1.11 bits per heavy atom. The predicted octanol–water partition coefficient (Wildman–Crippen LogP) is 2.12. The molecular formula is C21H23N3O4. The van der Waals surface area contributed by atoms with E-state index in [1.807, 2.05) is 24.3 Å². The number of nitrogens with one attached hydrogen (secondary N) is 2. The topological polar surface area (TPSA) is 87.7 Å². The third-order valence-electron chi connectivity index (χ3n) is 4.56. The minimum Gasteiger partial charge on any atom is -0.497 e. The zero-order valence-electron chi connectivity index (χ0n) is 15.9. The lowest BCUT2D eigenvalue weighted by Gasteiger charge is -2.16. The van der Waals surface area contributed by atoms with Gasteiger partial charge in [0.05, 0.1) is 25.3 Å². The van der Waals surface area contributed by atoms with Crippen LogP contribution in [0.1, 0.15) is 18.9 Å². The normalized spacial score (nSPS) is 16.4. The predicted molar refractivity (Wildman–Crippen MR) is 106 cm³/mol. The number of hydrogen-bond acceptors (Lipinski definition) is 5. The average Bonchev–Trinajstić information content (AvgIpc) is 2.96. The Labute approximate surface area is 163 Å². The maximum absolute atomic E-state index is 12.7. The van der Waals surface area contributed by atoms with Crippen molar-refractivity contribution in [3.63, 3.8) is 0 Å². The number of carbonyl (C=O) groups is 3. The molecule has 1 atom stereocenters. The molecule has 28 heavy (non-hydrogen) atoms. The molecule has 3 rings (SSSR count). The molecule has 0 aromatic heterocycles. The minimum atomic E-state index is -0.527. The Balaban J connectivity index is 1.57. The minimum absolute atomic E-state index is 0.134. The number of rotatable bonds is 7. The van der Waals surface area contributed by atoms with Gasteiger partial charge in [-0.1, -0.05) is 12.1 Å². The summed E-state index contributed by atoms with van der Waals surface area (Å²) in [6.07, 6.45) is 0.877. The van der Waals surface area contributed by atoms with Crippen molar-refractivity contribution in [1.82, 2.24) is 5.32 Å². The molecule has 0 aliphatic carbocycles. The average molecular weight is 381 g/mol. The van der Waals surface area contributed by atoms with E-state index in [9.17, 15) is 14.4 Å². The third-order valence-corrected chi connectivity index (χ3v) is 4.56. The number of imide groups is 1. The van der Waals surface area contributed by atoms with Crippen molar-refractivity contribution in [2.24, 2.45) is 0 Å². The van der Waals surface area contributed by atoms with Crippen LogP contribution in [0.15, 0.2) is 48.5 Å².